The van der Waals surface area contributed by atoms with Gasteiger partial charge in [0.15, 0.2) is 5.82 Å². The highest BCUT2D eigenvalue weighted by Gasteiger charge is 2.18. The molecular formula is C46H29N3. The second kappa shape index (κ2) is 11.0. The standard InChI is InChI=1S/C46H29N3/c1-2-13-31(14-3-1)41-29-42(48-46(47-41)35-23-22-30-12-4-5-15-32(30)26-35)37-24-25-44(38-19-9-8-18-36(37)38)49-43-21-11-10-20-39(43)40-27-33-16-6-7-17-34(33)28-45(40)49/h1-29H. The third-order valence-corrected chi connectivity index (χ3v) is 9.76. The minimum atomic E-state index is 0.713. The van der Waals surface area contributed by atoms with E-state index in [1.54, 1.807) is 0 Å². The minimum absolute atomic E-state index is 0.713. The summed E-state index contributed by atoms with van der Waals surface area (Å²) < 4.78 is 2.43. The fraction of sp³-hybridized carbons (Fsp3) is 0. The summed E-state index contributed by atoms with van der Waals surface area (Å²) in [4.78, 5) is 10.4. The topological polar surface area (TPSA) is 30.7 Å². The van der Waals surface area contributed by atoms with Crippen LogP contribution in [0.3, 0.4) is 0 Å². The molecule has 10 rings (SSSR count). The summed E-state index contributed by atoms with van der Waals surface area (Å²) in [5.41, 5.74) is 8.47. The lowest BCUT2D eigenvalue weighted by Crippen LogP contribution is -1.99. The van der Waals surface area contributed by atoms with Crippen LogP contribution in [0.4, 0.5) is 0 Å². The Balaban J connectivity index is 1.22. The zero-order valence-electron chi connectivity index (χ0n) is 26.6. The predicted molar refractivity (Wildman–Crippen MR) is 205 cm³/mol. The van der Waals surface area contributed by atoms with E-state index < -0.39 is 0 Å². The maximum Gasteiger partial charge on any atom is 0.160 e. The normalized spacial score (nSPS) is 11.7. The average molecular weight is 624 g/mol. The van der Waals surface area contributed by atoms with Gasteiger partial charge in [0.1, 0.15) is 0 Å². The van der Waals surface area contributed by atoms with E-state index >= 15 is 0 Å². The van der Waals surface area contributed by atoms with Crippen molar-refractivity contribution in [2.24, 2.45) is 0 Å². The van der Waals surface area contributed by atoms with Crippen LogP contribution in [0.15, 0.2) is 176 Å². The van der Waals surface area contributed by atoms with Crippen LogP contribution in [0, 0.1) is 0 Å². The van der Waals surface area contributed by atoms with Crippen LogP contribution in [-0.2, 0) is 0 Å². The van der Waals surface area contributed by atoms with Gasteiger partial charge in [-0.3, -0.25) is 0 Å². The largest absolute Gasteiger partial charge is 0.309 e. The fourth-order valence-corrected chi connectivity index (χ4v) is 7.42. The van der Waals surface area contributed by atoms with Gasteiger partial charge < -0.3 is 4.57 Å². The molecule has 0 unspecified atom stereocenters. The Hall–Kier alpha value is -6.58. The van der Waals surface area contributed by atoms with Crippen LogP contribution in [0.25, 0.3) is 93.7 Å². The van der Waals surface area contributed by atoms with Gasteiger partial charge in [0.05, 0.1) is 28.1 Å². The first-order valence-electron chi connectivity index (χ1n) is 16.7. The average Bonchev–Trinajstić information content (AvgIpc) is 3.49. The number of nitrogens with zero attached hydrogens (tertiary/aromatic N) is 3. The van der Waals surface area contributed by atoms with Crippen molar-refractivity contribution in [3.8, 4) is 39.6 Å². The highest BCUT2D eigenvalue weighted by molar-refractivity contribution is 6.15. The van der Waals surface area contributed by atoms with Crippen LogP contribution < -0.4 is 0 Å². The minimum Gasteiger partial charge on any atom is -0.309 e. The van der Waals surface area contributed by atoms with E-state index in [-0.39, 0.29) is 0 Å². The van der Waals surface area contributed by atoms with Gasteiger partial charge in [-0.1, -0.05) is 140 Å². The quantitative estimate of drug-likeness (QED) is 0.195. The summed E-state index contributed by atoms with van der Waals surface area (Å²) in [5, 5.41) is 9.67. The number of para-hydroxylation sites is 1. The van der Waals surface area contributed by atoms with Crippen molar-refractivity contribution in [3.63, 3.8) is 0 Å². The lowest BCUT2D eigenvalue weighted by atomic mass is 9.98. The summed E-state index contributed by atoms with van der Waals surface area (Å²) in [5.74, 6) is 0.713. The summed E-state index contributed by atoms with van der Waals surface area (Å²) >= 11 is 0. The molecule has 228 valence electrons. The molecule has 0 atom stereocenters. The summed E-state index contributed by atoms with van der Waals surface area (Å²) in [6.45, 7) is 0. The Morgan fingerprint density at radius 3 is 1.80 bits per heavy atom. The number of rotatable bonds is 4. The van der Waals surface area contributed by atoms with Crippen LogP contribution >= 0.6 is 0 Å². The SMILES string of the molecule is c1ccc(-c2cc(-c3ccc(-n4c5ccccc5c5cc6ccccc6cc54)c4ccccc34)nc(-c3ccc4ccccc4c3)n2)cc1. The van der Waals surface area contributed by atoms with Crippen LogP contribution in [0.2, 0.25) is 0 Å². The van der Waals surface area contributed by atoms with Gasteiger partial charge in [0, 0.05) is 32.8 Å². The molecule has 10 aromatic rings. The molecule has 0 aliphatic rings. The molecule has 0 amide bonds. The number of hydrogen-bond acceptors (Lipinski definition) is 2. The summed E-state index contributed by atoms with van der Waals surface area (Å²) in [6.07, 6.45) is 0. The van der Waals surface area contributed by atoms with Crippen LogP contribution in [-0.4, -0.2) is 14.5 Å². The summed E-state index contributed by atoms with van der Waals surface area (Å²) in [7, 11) is 0. The van der Waals surface area contributed by atoms with E-state index in [4.69, 9.17) is 9.97 Å². The fourth-order valence-electron chi connectivity index (χ4n) is 7.42. The second-order valence-corrected chi connectivity index (χ2v) is 12.6. The zero-order valence-corrected chi connectivity index (χ0v) is 26.6. The third-order valence-electron chi connectivity index (χ3n) is 9.76. The molecule has 0 aliphatic heterocycles. The van der Waals surface area contributed by atoms with Crippen LogP contribution in [0.5, 0.6) is 0 Å². The van der Waals surface area contributed by atoms with Gasteiger partial charge in [-0.25, -0.2) is 9.97 Å². The molecule has 8 aromatic carbocycles. The Kier molecular flexibility index (Phi) is 6.18. The zero-order chi connectivity index (χ0) is 32.3. The van der Waals surface area contributed by atoms with E-state index in [2.05, 4.69) is 174 Å². The van der Waals surface area contributed by atoms with E-state index in [1.807, 2.05) is 6.07 Å². The van der Waals surface area contributed by atoms with E-state index in [9.17, 15) is 0 Å². The Morgan fingerprint density at radius 2 is 0.980 bits per heavy atom. The molecule has 3 heteroatoms. The first-order chi connectivity index (χ1) is 24.3. The number of fused-ring (bicyclic) bond motifs is 6. The van der Waals surface area contributed by atoms with Crippen molar-refractivity contribution in [1.82, 2.24) is 14.5 Å². The first-order valence-corrected chi connectivity index (χ1v) is 16.7. The lowest BCUT2D eigenvalue weighted by Gasteiger charge is -2.16. The van der Waals surface area contributed by atoms with Crippen molar-refractivity contribution in [2.75, 3.05) is 0 Å². The molecule has 0 spiro atoms. The lowest BCUT2D eigenvalue weighted by molar-refractivity contribution is 1.18. The van der Waals surface area contributed by atoms with Gasteiger partial charge in [0.25, 0.3) is 0 Å². The first kappa shape index (κ1) is 27.5. The van der Waals surface area contributed by atoms with Crippen LogP contribution in [0.1, 0.15) is 0 Å². The van der Waals surface area contributed by atoms with Crippen molar-refractivity contribution >= 4 is 54.1 Å². The number of benzene rings is 8. The summed E-state index contributed by atoms with van der Waals surface area (Å²) in [6, 6.07) is 62.7. The molecule has 2 aromatic heterocycles. The Labute approximate surface area is 283 Å². The van der Waals surface area contributed by atoms with Gasteiger partial charge in [0.2, 0.25) is 0 Å². The number of aromatic nitrogens is 3. The molecule has 0 aliphatic carbocycles. The highest BCUT2D eigenvalue weighted by atomic mass is 15.0. The maximum absolute atomic E-state index is 5.26. The third kappa shape index (κ3) is 4.51. The van der Waals surface area contributed by atoms with Crippen molar-refractivity contribution in [3.05, 3.63) is 176 Å². The Bertz CT molecular complexity index is 2880. The molecule has 0 bridgehead atoms. The van der Waals surface area contributed by atoms with Crippen molar-refractivity contribution < 1.29 is 0 Å². The van der Waals surface area contributed by atoms with E-state index in [0.29, 0.717) is 5.82 Å². The molecule has 0 radical (unpaired) electrons. The molecule has 0 N–H and O–H groups in total. The predicted octanol–water partition coefficient (Wildman–Crippen LogP) is 12.0. The van der Waals surface area contributed by atoms with E-state index in [1.165, 1.54) is 48.7 Å². The molecular weight excluding hydrogens is 595 g/mol. The smallest absolute Gasteiger partial charge is 0.160 e. The van der Waals surface area contributed by atoms with Gasteiger partial charge in [-0.2, -0.15) is 0 Å². The molecule has 0 saturated heterocycles. The number of hydrogen-bond donors (Lipinski definition) is 0. The maximum atomic E-state index is 5.26. The second-order valence-electron chi connectivity index (χ2n) is 12.6. The molecule has 0 fully saturated rings. The molecule has 0 saturated carbocycles. The molecule has 3 nitrogen and oxygen atoms in total. The van der Waals surface area contributed by atoms with Gasteiger partial charge >= 0.3 is 0 Å². The van der Waals surface area contributed by atoms with Gasteiger partial charge in [-0.15, -0.1) is 0 Å². The Morgan fingerprint density at radius 1 is 0.347 bits per heavy atom. The van der Waals surface area contributed by atoms with Gasteiger partial charge in [-0.05, 0) is 63.3 Å². The van der Waals surface area contributed by atoms with E-state index in [0.717, 1.165) is 39.2 Å². The monoisotopic (exact) mass is 623 g/mol. The molecule has 2 heterocycles. The van der Waals surface area contributed by atoms with Crippen molar-refractivity contribution in [1.29, 1.82) is 0 Å². The molecule has 49 heavy (non-hydrogen) atoms. The van der Waals surface area contributed by atoms with Crippen molar-refractivity contribution in [2.45, 2.75) is 0 Å². The highest BCUT2D eigenvalue weighted by Crippen LogP contribution is 2.40.